The van der Waals surface area contributed by atoms with Crippen LogP contribution in [-0.4, -0.2) is 43.8 Å². The van der Waals surface area contributed by atoms with Crippen molar-refractivity contribution >= 4 is 12.0 Å². The number of halogens is 1. The molecule has 1 aliphatic rings. The van der Waals surface area contributed by atoms with E-state index >= 15 is 0 Å². The van der Waals surface area contributed by atoms with Crippen molar-refractivity contribution in [2.75, 3.05) is 31.2 Å². The molecule has 0 unspecified atom stereocenters. The molecule has 0 atom stereocenters. The van der Waals surface area contributed by atoms with Gasteiger partial charge in [-0.15, -0.1) is 0 Å². The maximum atomic E-state index is 13.9. The molecule has 1 fully saturated rings. The van der Waals surface area contributed by atoms with Crippen molar-refractivity contribution in [3.05, 3.63) is 29.6 Å². The van der Waals surface area contributed by atoms with Crippen molar-refractivity contribution in [2.45, 2.75) is 18.9 Å². The summed E-state index contributed by atoms with van der Waals surface area (Å²) in [6, 6.07) is 4.53. The third-order valence-electron chi connectivity index (χ3n) is 3.34. The minimum Gasteiger partial charge on any atom is -0.394 e. The van der Waals surface area contributed by atoms with E-state index < -0.39 is 0 Å². The zero-order valence-electron chi connectivity index (χ0n) is 10.7. The van der Waals surface area contributed by atoms with Crippen LogP contribution < -0.4 is 4.90 Å². The number of benzene rings is 1. The maximum Gasteiger partial charge on any atom is 0.150 e. The number of aliphatic hydroxyl groups excluding tert-OH is 1. The van der Waals surface area contributed by atoms with Crippen molar-refractivity contribution < 1.29 is 19.0 Å². The summed E-state index contributed by atoms with van der Waals surface area (Å²) in [6.45, 7) is 1.82. The van der Waals surface area contributed by atoms with Crippen molar-refractivity contribution in [3.63, 3.8) is 0 Å². The molecular weight excluding hydrogens is 249 g/mol. The van der Waals surface area contributed by atoms with E-state index in [2.05, 4.69) is 0 Å². The predicted octanol–water partition coefficient (Wildman–Crippen LogP) is 1.62. The Bertz CT molecular complexity index is 431. The molecule has 1 saturated heterocycles. The molecule has 0 spiro atoms. The average Bonchev–Trinajstić information content (AvgIpc) is 2.45. The molecule has 2 rings (SSSR count). The topological polar surface area (TPSA) is 49.8 Å². The van der Waals surface area contributed by atoms with E-state index in [0.29, 0.717) is 37.2 Å². The first-order valence-corrected chi connectivity index (χ1v) is 6.46. The van der Waals surface area contributed by atoms with Gasteiger partial charge in [-0.1, -0.05) is 0 Å². The van der Waals surface area contributed by atoms with Crippen LogP contribution in [0.5, 0.6) is 0 Å². The lowest BCUT2D eigenvalue weighted by atomic mass is 10.1. The van der Waals surface area contributed by atoms with Gasteiger partial charge in [0.2, 0.25) is 0 Å². The highest BCUT2D eigenvalue weighted by Gasteiger charge is 2.21. The fourth-order valence-corrected chi connectivity index (χ4v) is 2.34. The Kier molecular flexibility index (Phi) is 4.87. The summed E-state index contributed by atoms with van der Waals surface area (Å²) in [7, 11) is 0. The second-order valence-electron chi connectivity index (χ2n) is 4.61. The van der Waals surface area contributed by atoms with Crippen LogP contribution in [0.2, 0.25) is 0 Å². The first kappa shape index (κ1) is 14.0. The fraction of sp³-hybridized carbons (Fsp3) is 0.500. The number of hydrogen-bond donors (Lipinski definition) is 1. The number of aliphatic hydroxyl groups is 1. The van der Waals surface area contributed by atoms with E-state index in [1.54, 1.807) is 12.1 Å². The lowest BCUT2D eigenvalue weighted by Crippen LogP contribution is -2.37. The van der Waals surface area contributed by atoms with Gasteiger partial charge in [0.1, 0.15) is 12.1 Å². The summed E-state index contributed by atoms with van der Waals surface area (Å²) in [5, 5.41) is 8.70. The first-order valence-electron chi connectivity index (χ1n) is 6.46. The molecule has 4 nitrogen and oxygen atoms in total. The van der Waals surface area contributed by atoms with Gasteiger partial charge in [0.25, 0.3) is 0 Å². The zero-order valence-corrected chi connectivity index (χ0v) is 10.7. The average molecular weight is 267 g/mol. The molecule has 0 amide bonds. The van der Waals surface area contributed by atoms with Crippen LogP contribution in [0.25, 0.3) is 0 Å². The number of carbonyl (C=O) groups excluding carboxylic acids is 1. The number of ether oxygens (including phenoxy) is 1. The quantitative estimate of drug-likeness (QED) is 0.824. The predicted molar refractivity (Wildman–Crippen MR) is 70.1 cm³/mol. The Labute approximate surface area is 111 Å². The Balaban J connectivity index is 1.95. The van der Waals surface area contributed by atoms with Gasteiger partial charge in [-0.2, -0.15) is 0 Å². The standard InChI is InChI=1S/C14H18FNO3/c15-13-9-11(10-18)1-2-14(13)16-5-3-12(4-6-16)19-8-7-17/h1-2,9-10,12,17H,3-8H2. The van der Waals surface area contributed by atoms with Crippen LogP contribution in [0.3, 0.4) is 0 Å². The molecule has 1 heterocycles. The second kappa shape index (κ2) is 6.63. The Hall–Kier alpha value is -1.46. The largest absolute Gasteiger partial charge is 0.394 e. The molecule has 19 heavy (non-hydrogen) atoms. The van der Waals surface area contributed by atoms with Crippen LogP contribution in [0, 0.1) is 5.82 Å². The van der Waals surface area contributed by atoms with Gasteiger partial charge in [0.15, 0.2) is 0 Å². The van der Waals surface area contributed by atoms with E-state index in [1.807, 2.05) is 4.90 Å². The normalized spacial score (nSPS) is 16.6. The summed E-state index contributed by atoms with van der Waals surface area (Å²) in [5.41, 5.74) is 0.883. The molecule has 0 radical (unpaired) electrons. The minimum atomic E-state index is -0.362. The van der Waals surface area contributed by atoms with Crippen LogP contribution in [-0.2, 0) is 4.74 Å². The number of hydrogen-bond acceptors (Lipinski definition) is 4. The summed E-state index contributed by atoms with van der Waals surface area (Å²) in [6.07, 6.45) is 2.41. The highest BCUT2D eigenvalue weighted by atomic mass is 19.1. The van der Waals surface area contributed by atoms with Gasteiger partial charge in [0, 0.05) is 18.7 Å². The molecule has 1 aromatic carbocycles. The molecule has 1 aromatic rings. The number of piperidine rings is 1. The van der Waals surface area contributed by atoms with E-state index in [1.165, 1.54) is 6.07 Å². The van der Waals surface area contributed by atoms with E-state index in [4.69, 9.17) is 9.84 Å². The van der Waals surface area contributed by atoms with Gasteiger partial charge in [-0.3, -0.25) is 4.79 Å². The Morgan fingerprint density at radius 1 is 1.42 bits per heavy atom. The lowest BCUT2D eigenvalue weighted by molar-refractivity contribution is 0.0158. The maximum absolute atomic E-state index is 13.9. The highest BCUT2D eigenvalue weighted by Crippen LogP contribution is 2.24. The molecule has 5 heteroatoms. The van der Waals surface area contributed by atoms with Gasteiger partial charge < -0.3 is 14.7 Å². The Morgan fingerprint density at radius 2 is 2.16 bits per heavy atom. The number of rotatable bonds is 5. The molecule has 1 N–H and O–H groups in total. The summed E-state index contributed by atoms with van der Waals surface area (Å²) in [4.78, 5) is 12.5. The first-order chi connectivity index (χ1) is 9.24. The molecule has 104 valence electrons. The molecule has 0 saturated carbocycles. The van der Waals surface area contributed by atoms with Crippen molar-refractivity contribution in [3.8, 4) is 0 Å². The number of nitrogens with zero attached hydrogens (tertiary/aromatic N) is 1. The highest BCUT2D eigenvalue weighted by molar-refractivity contribution is 5.76. The van der Waals surface area contributed by atoms with Crippen molar-refractivity contribution in [1.29, 1.82) is 0 Å². The summed E-state index contributed by atoms with van der Waals surface area (Å²) < 4.78 is 19.3. The Morgan fingerprint density at radius 3 is 2.74 bits per heavy atom. The van der Waals surface area contributed by atoms with Crippen molar-refractivity contribution in [2.24, 2.45) is 0 Å². The number of anilines is 1. The second-order valence-corrected chi connectivity index (χ2v) is 4.61. The number of aldehydes is 1. The van der Waals surface area contributed by atoms with Crippen molar-refractivity contribution in [1.82, 2.24) is 0 Å². The van der Waals surface area contributed by atoms with Crippen LogP contribution in [0.4, 0.5) is 10.1 Å². The molecule has 0 bridgehead atoms. The summed E-state index contributed by atoms with van der Waals surface area (Å²) in [5.74, 6) is -0.362. The SMILES string of the molecule is O=Cc1ccc(N2CCC(OCCO)CC2)c(F)c1. The van der Waals surface area contributed by atoms with Gasteiger partial charge in [0.05, 0.1) is 25.0 Å². The van der Waals surface area contributed by atoms with E-state index in [-0.39, 0.29) is 18.5 Å². The smallest absolute Gasteiger partial charge is 0.150 e. The van der Waals surface area contributed by atoms with Gasteiger partial charge in [-0.05, 0) is 31.0 Å². The van der Waals surface area contributed by atoms with E-state index in [0.717, 1.165) is 12.8 Å². The van der Waals surface area contributed by atoms with Gasteiger partial charge in [-0.25, -0.2) is 4.39 Å². The summed E-state index contributed by atoms with van der Waals surface area (Å²) >= 11 is 0. The van der Waals surface area contributed by atoms with Gasteiger partial charge >= 0.3 is 0 Å². The molecule has 0 aliphatic carbocycles. The fourth-order valence-electron chi connectivity index (χ4n) is 2.34. The molecule has 1 aliphatic heterocycles. The monoisotopic (exact) mass is 267 g/mol. The lowest BCUT2D eigenvalue weighted by Gasteiger charge is -2.33. The number of carbonyl (C=O) groups is 1. The minimum absolute atomic E-state index is 0.0298. The van der Waals surface area contributed by atoms with Crippen LogP contribution >= 0.6 is 0 Å². The third kappa shape index (κ3) is 3.52. The third-order valence-corrected chi connectivity index (χ3v) is 3.34. The molecular formula is C14H18FNO3. The van der Waals surface area contributed by atoms with E-state index in [9.17, 15) is 9.18 Å². The zero-order chi connectivity index (χ0) is 13.7. The van der Waals surface area contributed by atoms with Crippen LogP contribution in [0.15, 0.2) is 18.2 Å². The van der Waals surface area contributed by atoms with Crippen LogP contribution in [0.1, 0.15) is 23.2 Å². The molecule has 0 aromatic heterocycles.